The number of aromatic nitrogens is 2. The molecule has 1 amide bonds. The second kappa shape index (κ2) is 8.51. The summed E-state index contributed by atoms with van der Waals surface area (Å²) >= 11 is 4.67. The van der Waals surface area contributed by atoms with Crippen LogP contribution >= 0.6 is 27.7 Å². The van der Waals surface area contributed by atoms with Crippen molar-refractivity contribution in [3.05, 3.63) is 63.4 Å². The molecule has 0 aliphatic heterocycles. The Kier molecular flexibility index (Phi) is 6.11. The molecule has 0 saturated carbocycles. The summed E-state index contributed by atoms with van der Waals surface area (Å²) in [6.07, 6.45) is 0.810. The predicted molar refractivity (Wildman–Crippen MR) is 110 cm³/mol. The maximum Gasteiger partial charge on any atom is 0.262 e. The van der Waals surface area contributed by atoms with Gasteiger partial charge in [0.25, 0.3) is 5.56 Å². The van der Waals surface area contributed by atoms with E-state index in [0.29, 0.717) is 22.6 Å². The summed E-state index contributed by atoms with van der Waals surface area (Å²) in [5, 5.41) is 3.98. The van der Waals surface area contributed by atoms with Gasteiger partial charge in [0.15, 0.2) is 5.16 Å². The number of anilines is 1. The Balaban J connectivity index is 1.84. The highest BCUT2D eigenvalue weighted by Crippen LogP contribution is 2.21. The van der Waals surface area contributed by atoms with Crippen LogP contribution in [0.15, 0.2) is 63.0 Å². The molecule has 26 heavy (non-hydrogen) atoms. The summed E-state index contributed by atoms with van der Waals surface area (Å²) in [6.45, 7) is 2.57. The molecule has 3 aromatic rings. The number of para-hydroxylation sites is 1. The van der Waals surface area contributed by atoms with Crippen molar-refractivity contribution in [2.75, 3.05) is 11.1 Å². The number of carbonyl (C=O) groups is 1. The molecule has 5 nitrogen and oxygen atoms in total. The average Bonchev–Trinajstić information content (AvgIpc) is 2.64. The third-order valence-corrected chi connectivity index (χ3v) is 5.19. The van der Waals surface area contributed by atoms with Gasteiger partial charge in [-0.25, -0.2) is 4.98 Å². The van der Waals surface area contributed by atoms with Crippen molar-refractivity contribution in [3.63, 3.8) is 0 Å². The SMILES string of the molecule is CCCn1c(SCC(=O)Nc2ccccc2)nc2ccc(Br)cc2c1=O. The number of nitrogens with one attached hydrogen (secondary N) is 1. The monoisotopic (exact) mass is 431 g/mol. The lowest BCUT2D eigenvalue weighted by Crippen LogP contribution is -2.24. The fraction of sp³-hybridized carbons (Fsp3) is 0.211. The lowest BCUT2D eigenvalue weighted by molar-refractivity contribution is -0.113. The summed E-state index contributed by atoms with van der Waals surface area (Å²) in [5.74, 6) is 0.0574. The van der Waals surface area contributed by atoms with Gasteiger partial charge in [-0.3, -0.25) is 14.2 Å². The number of hydrogen-bond donors (Lipinski definition) is 1. The van der Waals surface area contributed by atoms with Crippen LogP contribution in [0.4, 0.5) is 5.69 Å². The van der Waals surface area contributed by atoms with Crippen LogP contribution in [0, 0.1) is 0 Å². The van der Waals surface area contributed by atoms with Gasteiger partial charge in [0.1, 0.15) is 0 Å². The van der Waals surface area contributed by atoms with Crippen molar-refractivity contribution < 1.29 is 4.79 Å². The number of halogens is 1. The first-order valence-corrected chi connectivity index (χ1v) is 10.0. The van der Waals surface area contributed by atoms with Crippen LogP contribution in [0.5, 0.6) is 0 Å². The van der Waals surface area contributed by atoms with Gasteiger partial charge in [0, 0.05) is 16.7 Å². The quantitative estimate of drug-likeness (QED) is 0.466. The molecule has 2 aromatic carbocycles. The van der Waals surface area contributed by atoms with E-state index in [1.807, 2.05) is 49.4 Å². The number of fused-ring (bicyclic) bond motifs is 1. The van der Waals surface area contributed by atoms with Crippen LogP contribution in [0.25, 0.3) is 10.9 Å². The molecule has 7 heteroatoms. The van der Waals surface area contributed by atoms with Crippen LogP contribution in [0.1, 0.15) is 13.3 Å². The number of amides is 1. The molecule has 0 aliphatic carbocycles. The predicted octanol–water partition coefficient (Wildman–Crippen LogP) is 4.30. The highest BCUT2D eigenvalue weighted by atomic mass is 79.9. The van der Waals surface area contributed by atoms with Crippen molar-refractivity contribution in [2.24, 2.45) is 0 Å². The Labute approximate surface area is 164 Å². The molecule has 0 spiro atoms. The molecule has 0 radical (unpaired) electrons. The smallest absolute Gasteiger partial charge is 0.262 e. The zero-order chi connectivity index (χ0) is 18.5. The maximum atomic E-state index is 12.8. The fourth-order valence-electron chi connectivity index (χ4n) is 2.55. The molecule has 0 saturated heterocycles. The van der Waals surface area contributed by atoms with Gasteiger partial charge < -0.3 is 5.32 Å². The largest absolute Gasteiger partial charge is 0.325 e. The van der Waals surface area contributed by atoms with Gasteiger partial charge >= 0.3 is 0 Å². The van der Waals surface area contributed by atoms with Crippen LogP contribution in [0.2, 0.25) is 0 Å². The molecule has 1 aromatic heterocycles. The lowest BCUT2D eigenvalue weighted by Gasteiger charge is -2.12. The minimum Gasteiger partial charge on any atom is -0.325 e. The Hall–Kier alpha value is -2.12. The molecule has 0 fully saturated rings. The molecule has 0 atom stereocenters. The average molecular weight is 432 g/mol. The zero-order valence-corrected chi connectivity index (χ0v) is 16.6. The van der Waals surface area contributed by atoms with Crippen LogP contribution in [0.3, 0.4) is 0 Å². The Morgan fingerprint density at radius 2 is 2.00 bits per heavy atom. The number of benzene rings is 2. The number of carbonyl (C=O) groups excluding carboxylic acids is 1. The van der Waals surface area contributed by atoms with Crippen LogP contribution < -0.4 is 10.9 Å². The molecule has 0 aliphatic rings. The summed E-state index contributed by atoms with van der Waals surface area (Å²) in [7, 11) is 0. The molecule has 1 N–H and O–H groups in total. The lowest BCUT2D eigenvalue weighted by atomic mass is 10.2. The van der Waals surface area contributed by atoms with E-state index >= 15 is 0 Å². The van der Waals surface area contributed by atoms with Crippen molar-refractivity contribution in [2.45, 2.75) is 25.0 Å². The third-order valence-electron chi connectivity index (χ3n) is 3.72. The van der Waals surface area contributed by atoms with Crippen LogP contribution in [-0.2, 0) is 11.3 Å². The Bertz CT molecular complexity index is 989. The first kappa shape index (κ1) is 18.7. The molecule has 0 bridgehead atoms. The van der Waals surface area contributed by atoms with E-state index < -0.39 is 0 Å². The van der Waals surface area contributed by atoms with E-state index in [-0.39, 0.29) is 17.2 Å². The van der Waals surface area contributed by atoms with Gasteiger partial charge in [0.2, 0.25) is 5.91 Å². The van der Waals surface area contributed by atoms with Crippen LogP contribution in [-0.4, -0.2) is 21.2 Å². The first-order valence-electron chi connectivity index (χ1n) is 8.26. The number of thioether (sulfide) groups is 1. The standard InChI is InChI=1S/C19H18BrN3O2S/c1-2-10-23-18(25)15-11-13(20)8-9-16(15)22-19(23)26-12-17(24)21-14-6-4-3-5-7-14/h3-9,11H,2,10,12H2,1H3,(H,21,24). The van der Waals surface area contributed by atoms with Crippen molar-refractivity contribution in [1.82, 2.24) is 9.55 Å². The van der Waals surface area contributed by atoms with E-state index in [9.17, 15) is 9.59 Å². The highest BCUT2D eigenvalue weighted by molar-refractivity contribution is 9.10. The van der Waals surface area contributed by atoms with Gasteiger partial charge in [-0.2, -0.15) is 0 Å². The molecular weight excluding hydrogens is 414 g/mol. The Morgan fingerprint density at radius 3 is 2.73 bits per heavy atom. The molecule has 1 heterocycles. The fourth-order valence-corrected chi connectivity index (χ4v) is 3.74. The van der Waals surface area contributed by atoms with E-state index in [4.69, 9.17) is 0 Å². The maximum absolute atomic E-state index is 12.8. The number of rotatable bonds is 6. The van der Waals surface area contributed by atoms with E-state index in [1.165, 1.54) is 11.8 Å². The van der Waals surface area contributed by atoms with Gasteiger partial charge in [-0.05, 0) is 36.8 Å². The van der Waals surface area contributed by atoms with Gasteiger partial charge in [-0.1, -0.05) is 52.8 Å². The third kappa shape index (κ3) is 4.34. The minimum atomic E-state index is -0.130. The van der Waals surface area contributed by atoms with Gasteiger partial charge in [-0.15, -0.1) is 0 Å². The molecular formula is C19H18BrN3O2S. The van der Waals surface area contributed by atoms with E-state index in [1.54, 1.807) is 10.6 Å². The summed E-state index contributed by atoms with van der Waals surface area (Å²) in [6, 6.07) is 14.7. The second-order valence-electron chi connectivity index (χ2n) is 5.72. The molecule has 3 rings (SSSR count). The Morgan fingerprint density at radius 1 is 1.23 bits per heavy atom. The minimum absolute atomic E-state index is 0.0795. The summed E-state index contributed by atoms with van der Waals surface area (Å²) in [5.41, 5.74) is 1.31. The topological polar surface area (TPSA) is 64.0 Å². The van der Waals surface area contributed by atoms with E-state index in [0.717, 1.165) is 16.6 Å². The second-order valence-corrected chi connectivity index (χ2v) is 7.57. The number of nitrogens with zero attached hydrogens (tertiary/aromatic N) is 2. The zero-order valence-electron chi connectivity index (χ0n) is 14.2. The van der Waals surface area contributed by atoms with E-state index in [2.05, 4.69) is 26.2 Å². The summed E-state index contributed by atoms with van der Waals surface area (Å²) in [4.78, 5) is 29.6. The normalized spacial score (nSPS) is 10.8. The molecule has 0 unspecified atom stereocenters. The van der Waals surface area contributed by atoms with Crippen molar-refractivity contribution in [3.8, 4) is 0 Å². The van der Waals surface area contributed by atoms with Crippen molar-refractivity contribution in [1.29, 1.82) is 0 Å². The highest BCUT2D eigenvalue weighted by Gasteiger charge is 2.13. The molecule has 134 valence electrons. The van der Waals surface area contributed by atoms with Crippen molar-refractivity contribution >= 4 is 50.2 Å². The number of hydrogen-bond acceptors (Lipinski definition) is 4. The first-order chi connectivity index (χ1) is 12.6. The summed E-state index contributed by atoms with van der Waals surface area (Å²) < 4.78 is 2.49. The van der Waals surface area contributed by atoms with Gasteiger partial charge in [0.05, 0.1) is 16.7 Å².